The summed E-state index contributed by atoms with van der Waals surface area (Å²) in [5, 5.41) is 13.4. The van der Waals surface area contributed by atoms with Gasteiger partial charge in [0.05, 0.1) is 44.8 Å². The highest BCUT2D eigenvalue weighted by molar-refractivity contribution is 5.49. The Balaban J connectivity index is 1.98. The quantitative estimate of drug-likeness (QED) is 0.219. The van der Waals surface area contributed by atoms with Gasteiger partial charge < -0.3 is 14.8 Å². The maximum absolute atomic E-state index is 12.8. The highest BCUT2D eigenvalue weighted by atomic mass is 19.4. The number of amides is 1. The van der Waals surface area contributed by atoms with E-state index in [0.29, 0.717) is 25.2 Å². The third-order valence-electron chi connectivity index (χ3n) is 3.99. The SMILES string of the molecule is NN(C=O)CC[N+]1([O-])CCN(c2cccc(C(F)(F)F)c2)CC1. The molecule has 0 spiro atoms. The Labute approximate surface area is 132 Å². The summed E-state index contributed by atoms with van der Waals surface area (Å²) in [5.74, 6) is 5.32. The Bertz CT molecular complexity index is 545. The van der Waals surface area contributed by atoms with E-state index in [0.717, 1.165) is 17.1 Å². The van der Waals surface area contributed by atoms with Gasteiger partial charge in [0.1, 0.15) is 0 Å². The van der Waals surface area contributed by atoms with Gasteiger partial charge in [-0.25, -0.2) is 5.84 Å². The topological polar surface area (TPSA) is 72.6 Å². The van der Waals surface area contributed by atoms with Crippen LogP contribution in [0.2, 0.25) is 0 Å². The maximum Gasteiger partial charge on any atom is 0.416 e. The van der Waals surface area contributed by atoms with Gasteiger partial charge in [-0.05, 0) is 18.2 Å². The van der Waals surface area contributed by atoms with Crippen molar-refractivity contribution >= 4 is 12.1 Å². The third kappa shape index (κ3) is 4.57. The molecular formula is C14H19F3N4O2. The zero-order valence-electron chi connectivity index (χ0n) is 12.5. The van der Waals surface area contributed by atoms with Crippen LogP contribution < -0.4 is 10.7 Å². The summed E-state index contributed by atoms with van der Waals surface area (Å²) in [5.41, 5.74) is -0.243. The number of hydroxylamine groups is 3. The Morgan fingerprint density at radius 1 is 1.35 bits per heavy atom. The van der Waals surface area contributed by atoms with Crippen molar-refractivity contribution in [2.75, 3.05) is 44.2 Å². The van der Waals surface area contributed by atoms with Gasteiger partial charge in [-0.3, -0.25) is 9.80 Å². The summed E-state index contributed by atoms with van der Waals surface area (Å²) in [4.78, 5) is 12.2. The second-order valence-electron chi connectivity index (χ2n) is 5.61. The van der Waals surface area contributed by atoms with Gasteiger partial charge in [-0.15, -0.1) is 0 Å². The number of alkyl halides is 3. The molecule has 1 aliphatic rings. The van der Waals surface area contributed by atoms with Crippen LogP contribution in [-0.2, 0) is 11.0 Å². The Morgan fingerprint density at radius 3 is 2.57 bits per heavy atom. The molecule has 128 valence electrons. The van der Waals surface area contributed by atoms with E-state index in [9.17, 15) is 23.2 Å². The van der Waals surface area contributed by atoms with Crippen LogP contribution in [0.5, 0.6) is 0 Å². The van der Waals surface area contributed by atoms with Crippen LogP contribution in [0.25, 0.3) is 0 Å². The number of benzene rings is 1. The lowest BCUT2D eigenvalue weighted by molar-refractivity contribution is -0.880. The fraction of sp³-hybridized carbons (Fsp3) is 0.500. The zero-order valence-corrected chi connectivity index (χ0v) is 12.5. The van der Waals surface area contributed by atoms with Crippen molar-refractivity contribution in [1.82, 2.24) is 5.01 Å². The molecule has 0 unspecified atom stereocenters. The number of carbonyl (C=O) groups excluding carboxylic acids is 1. The van der Waals surface area contributed by atoms with Crippen LogP contribution in [-0.4, -0.2) is 55.3 Å². The molecule has 2 rings (SSSR count). The van der Waals surface area contributed by atoms with E-state index in [2.05, 4.69) is 0 Å². The van der Waals surface area contributed by atoms with E-state index in [1.165, 1.54) is 6.07 Å². The number of piperazine rings is 1. The fourth-order valence-electron chi connectivity index (χ4n) is 2.54. The third-order valence-corrected chi connectivity index (χ3v) is 3.99. The smallest absolute Gasteiger partial charge is 0.416 e. The minimum absolute atomic E-state index is 0.149. The average molecular weight is 332 g/mol. The second-order valence-corrected chi connectivity index (χ2v) is 5.61. The second kappa shape index (κ2) is 6.73. The number of hydrogen-bond donors (Lipinski definition) is 1. The van der Waals surface area contributed by atoms with Gasteiger partial charge in [-0.2, -0.15) is 13.2 Å². The number of quaternary nitrogens is 1. The molecule has 1 aromatic carbocycles. The lowest BCUT2D eigenvalue weighted by Gasteiger charge is -2.49. The predicted octanol–water partition coefficient (Wildman–Crippen LogP) is 1.17. The average Bonchev–Trinajstić information content (AvgIpc) is 2.53. The van der Waals surface area contributed by atoms with E-state index in [4.69, 9.17) is 5.84 Å². The highest BCUT2D eigenvalue weighted by Gasteiger charge is 2.32. The molecule has 1 aliphatic heterocycles. The van der Waals surface area contributed by atoms with Gasteiger partial charge in [-0.1, -0.05) is 6.07 Å². The normalized spacial score (nSPS) is 17.9. The first-order valence-corrected chi connectivity index (χ1v) is 7.19. The van der Waals surface area contributed by atoms with Gasteiger partial charge in [0, 0.05) is 5.69 Å². The van der Waals surface area contributed by atoms with E-state index in [-0.39, 0.29) is 26.2 Å². The number of anilines is 1. The van der Waals surface area contributed by atoms with Gasteiger partial charge in [0.2, 0.25) is 6.41 Å². The van der Waals surface area contributed by atoms with E-state index in [1.807, 2.05) is 0 Å². The molecule has 0 atom stereocenters. The molecule has 0 saturated carbocycles. The Kier molecular flexibility index (Phi) is 5.12. The molecule has 0 aromatic heterocycles. The van der Waals surface area contributed by atoms with Crippen LogP contribution >= 0.6 is 0 Å². The monoisotopic (exact) mass is 332 g/mol. The molecule has 0 aliphatic carbocycles. The van der Waals surface area contributed by atoms with Crippen molar-refractivity contribution in [2.24, 2.45) is 5.84 Å². The van der Waals surface area contributed by atoms with Gasteiger partial charge in [0.15, 0.2) is 0 Å². The summed E-state index contributed by atoms with van der Waals surface area (Å²) < 4.78 is 37.8. The van der Waals surface area contributed by atoms with E-state index in [1.54, 1.807) is 11.0 Å². The summed E-state index contributed by atoms with van der Waals surface area (Å²) in [7, 11) is 0. The van der Waals surface area contributed by atoms with Crippen LogP contribution in [0.4, 0.5) is 18.9 Å². The largest absolute Gasteiger partial charge is 0.633 e. The minimum Gasteiger partial charge on any atom is -0.633 e. The van der Waals surface area contributed by atoms with Crippen molar-refractivity contribution in [3.8, 4) is 0 Å². The molecule has 1 heterocycles. The lowest BCUT2D eigenvalue weighted by Crippen LogP contribution is -2.58. The molecule has 1 fully saturated rings. The van der Waals surface area contributed by atoms with E-state index >= 15 is 0 Å². The summed E-state index contributed by atoms with van der Waals surface area (Å²) >= 11 is 0. The summed E-state index contributed by atoms with van der Waals surface area (Å²) in [6.45, 7) is 1.51. The molecule has 6 nitrogen and oxygen atoms in total. The van der Waals surface area contributed by atoms with Crippen molar-refractivity contribution in [2.45, 2.75) is 6.18 Å². The first-order valence-electron chi connectivity index (χ1n) is 7.19. The molecule has 0 bridgehead atoms. The van der Waals surface area contributed by atoms with Crippen molar-refractivity contribution < 1.29 is 22.6 Å². The van der Waals surface area contributed by atoms with Gasteiger partial charge >= 0.3 is 6.18 Å². The van der Waals surface area contributed by atoms with Crippen LogP contribution in [0.3, 0.4) is 0 Å². The number of hydrogen-bond acceptors (Lipinski definition) is 4. The first kappa shape index (κ1) is 17.5. The number of hydrazine groups is 1. The van der Waals surface area contributed by atoms with Crippen LogP contribution in [0.1, 0.15) is 5.56 Å². The number of halogens is 3. The maximum atomic E-state index is 12.8. The highest BCUT2D eigenvalue weighted by Crippen LogP contribution is 2.32. The minimum atomic E-state index is -4.39. The lowest BCUT2D eigenvalue weighted by atomic mass is 10.1. The standard InChI is InChI=1S/C14H19F3N4O2/c15-14(16,17)12-2-1-3-13(10-12)19-4-7-21(23,8-5-19)9-6-20(18)11-22/h1-3,10-11H,4-9,18H2. The summed E-state index contributed by atoms with van der Waals surface area (Å²) in [6.07, 6.45) is -3.94. The summed E-state index contributed by atoms with van der Waals surface area (Å²) in [6, 6.07) is 5.09. The molecule has 0 radical (unpaired) electrons. The molecular weight excluding hydrogens is 313 g/mol. The van der Waals surface area contributed by atoms with E-state index < -0.39 is 16.4 Å². The molecule has 2 N–H and O–H groups in total. The number of nitrogens with two attached hydrogens (primary N) is 1. The van der Waals surface area contributed by atoms with Crippen molar-refractivity contribution in [1.29, 1.82) is 0 Å². The molecule has 23 heavy (non-hydrogen) atoms. The Morgan fingerprint density at radius 2 is 2.00 bits per heavy atom. The molecule has 1 saturated heterocycles. The van der Waals surface area contributed by atoms with Crippen molar-refractivity contribution in [3.63, 3.8) is 0 Å². The van der Waals surface area contributed by atoms with Crippen LogP contribution in [0.15, 0.2) is 24.3 Å². The number of carbonyl (C=O) groups is 1. The van der Waals surface area contributed by atoms with Crippen molar-refractivity contribution in [3.05, 3.63) is 35.0 Å². The number of nitrogens with zero attached hydrogens (tertiary/aromatic N) is 3. The first-order chi connectivity index (χ1) is 10.7. The van der Waals surface area contributed by atoms with Crippen LogP contribution in [0, 0.1) is 5.21 Å². The Hall–Kier alpha value is -1.84. The zero-order chi connectivity index (χ0) is 17.1. The van der Waals surface area contributed by atoms with Gasteiger partial charge in [0.25, 0.3) is 0 Å². The molecule has 1 aromatic rings. The molecule has 9 heteroatoms. The predicted molar refractivity (Wildman–Crippen MR) is 78.8 cm³/mol. The fourth-order valence-corrected chi connectivity index (χ4v) is 2.54. The number of rotatable bonds is 5. The molecule has 1 amide bonds.